The van der Waals surface area contributed by atoms with Crippen LogP contribution in [0.3, 0.4) is 0 Å². The van der Waals surface area contributed by atoms with Gasteiger partial charge in [-0.2, -0.15) is 0 Å². The molecule has 1 atom stereocenters. The fourth-order valence-corrected chi connectivity index (χ4v) is 2.11. The SMILES string of the molecule is CCN(CC1CC1)CC(O)c1cc(F)ccc1F. The van der Waals surface area contributed by atoms with Gasteiger partial charge in [0.15, 0.2) is 0 Å². The highest BCUT2D eigenvalue weighted by Crippen LogP contribution is 2.30. The van der Waals surface area contributed by atoms with Crippen LogP contribution in [0.2, 0.25) is 0 Å². The summed E-state index contributed by atoms with van der Waals surface area (Å²) >= 11 is 0. The van der Waals surface area contributed by atoms with Crippen LogP contribution in [-0.2, 0) is 0 Å². The van der Waals surface area contributed by atoms with E-state index in [1.165, 1.54) is 12.8 Å². The minimum absolute atomic E-state index is 0.0456. The number of aliphatic hydroxyl groups is 1. The van der Waals surface area contributed by atoms with Crippen molar-refractivity contribution in [2.45, 2.75) is 25.9 Å². The average Bonchev–Trinajstić information content (AvgIpc) is 3.15. The van der Waals surface area contributed by atoms with Crippen molar-refractivity contribution in [3.8, 4) is 0 Å². The van der Waals surface area contributed by atoms with Gasteiger partial charge in [-0.15, -0.1) is 0 Å². The first kappa shape index (κ1) is 13.4. The van der Waals surface area contributed by atoms with Crippen molar-refractivity contribution in [1.82, 2.24) is 4.90 Å². The summed E-state index contributed by atoms with van der Waals surface area (Å²) in [7, 11) is 0. The normalized spacial score (nSPS) is 17.2. The standard InChI is InChI=1S/C14H19F2NO/c1-2-17(8-10-3-4-10)9-14(18)12-7-11(15)5-6-13(12)16/h5-7,10,14,18H,2-4,8-9H2,1H3. The lowest BCUT2D eigenvalue weighted by atomic mass is 10.1. The zero-order valence-electron chi connectivity index (χ0n) is 10.6. The third-order valence-electron chi connectivity index (χ3n) is 3.41. The quantitative estimate of drug-likeness (QED) is 0.845. The first-order valence-electron chi connectivity index (χ1n) is 6.45. The Morgan fingerprint density at radius 3 is 2.72 bits per heavy atom. The highest BCUT2D eigenvalue weighted by Gasteiger charge is 2.25. The summed E-state index contributed by atoms with van der Waals surface area (Å²) in [6.45, 7) is 4.11. The van der Waals surface area contributed by atoms with Gasteiger partial charge in [-0.3, -0.25) is 0 Å². The average molecular weight is 255 g/mol. The maximum atomic E-state index is 13.5. The molecule has 0 amide bonds. The molecule has 0 radical (unpaired) electrons. The second-order valence-corrected chi connectivity index (χ2v) is 4.98. The molecule has 1 N–H and O–H groups in total. The predicted molar refractivity (Wildman–Crippen MR) is 66.2 cm³/mol. The summed E-state index contributed by atoms with van der Waals surface area (Å²) in [4.78, 5) is 2.09. The van der Waals surface area contributed by atoms with E-state index in [4.69, 9.17) is 0 Å². The Kier molecular flexibility index (Phi) is 4.30. The van der Waals surface area contributed by atoms with E-state index in [-0.39, 0.29) is 5.56 Å². The second kappa shape index (κ2) is 5.76. The van der Waals surface area contributed by atoms with E-state index < -0.39 is 17.7 Å². The van der Waals surface area contributed by atoms with Crippen molar-refractivity contribution in [2.75, 3.05) is 19.6 Å². The minimum Gasteiger partial charge on any atom is -0.387 e. The van der Waals surface area contributed by atoms with Crippen LogP contribution >= 0.6 is 0 Å². The Hall–Kier alpha value is -1.00. The van der Waals surface area contributed by atoms with Gasteiger partial charge in [0.1, 0.15) is 11.6 Å². The Bertz CT molecular complexity index is 407. The van der Waals surface area contributed by atoms with Gasteiger partial charge in [-0.05, 0) is 43.5 Å². The minimum atomic E-state index is -0.973. The third-order valence-corrected chi connectivity index (χ3v) is 3.41. The van der Waals surface area contributed by atoms with E-state index in [1.807, 2.05) is 6.92 Å². The topological polar surface area (TPSA) is 23.5 Å². The number of likely N-dealkylation sites (N-methyl/N-ethyl adjacent to an activating group) is 1. The molecule has 1 fully saturated rings. The fraction of sp³-hybridized carbons (Fsp3) is 0.571. The van der Waals surface area contributed by atoms with Gasteiger partial charge < -0.3 is 10.0 Å². The highest BCUT2D eigenvalue weighted by atomic mass is 19.1. The highest BCUT2D eigenvalue weighted by molar-refractivity contribution is 5.21. The fourth-order valence-electron chi connectivity index (χ4n) is 2.11. The van der Waals surface area contributed by atoms with Gasteiger partial charge in [0.2, 0.25) is 0 Å². The van der Waals surface area contributed by atoms with Crippen LogP contribution in [0.5, 0.6) is 0 Å². The molecule has 1 aromatic rings. The lowest BCUT2D eigenvalue weighted by Gasteiger charge is -2.23. The van der Waals surface area contributed by atoms with E-state index >= 15 is 0 Å². The molecule has 0 saturated heterocycles. The van der Waals surface area contributed by atoms with E-state index in [9.17, 15) is 13.9 Å². The molecule has 2 rings (SSSR count). The molecule has 1 saturated carbocycles. The molecule has 1 unspecified atom stereocenters. The van der Waals surface area contributed by atoms with Crippen LogP contribution in [0, 0.1) is 17.6 Å². The van der Waals surface area contributed by atoms with Crippen molar-refractivity contribution < 1.29 is 13.9 Å². The number of hydrogen-bond acceptors (Lipinski definition) is 2. The van der Waals surface area contributed by atoms with Crippen LogP contribution in [0.4, 0.5) is 8.78 Å². The van der Waals surface area contributed by atoms with Crippen molar-refractivity contribution in [3.63, 3.8) is 0 Å². The first-order valence-corrected chi connectivity index (χ1v) is 6.45. The number of nitrogens with zero attached hydrogens (tertiary/aromatic N) is 1. The molecule has 0 spiro atoms. The molecule has 0 bridgehead atoms. The number of halogens is 2. The molecule has 100 valence electrons. The maximum absolute atomic E-state index is 13.5. The number of aliphatic hydroxyl groups excluding tert-OH is 1. The molecule has 2 nitrogen and oxygen atoms in total. The molecular formula is C14H19F2NO. The van der Waals surface area contributed by atoms with Crippen LogP contribution in [-0.4, -0.2) is 29.6 Å². The Morgan fingerprint density at radius 2 is 2.11 bits per heavy atom. The predicted octanol–water partition coefficient (Wildman–Crippen LogP) is 2.73. The van der Waals surface area contributed by atoms with Crippen LogP contribution < -0.4 is 0 Å². The number of benzene rings is 1. The summed E-state index contributed by atoms with van der Waals surface area (Å²) in [6, 6.07) is 3.20. The summed E-state index contributed by atoms with van der Waals surface area (Å²) in [5.41, 5.74) is 0.0456. The zero-order chi connectivity index (χ0) is 13.1. The Labute approximate surface area is 106 Å². The molecule has 0 aromatic heterocycles. The zero-order valence-corrected chi connectivity index (χ0v) is 10.6. The smallest absolute Gasteiger partial charge is 0.129 e. The monoisotopic (exact) mass is 255 g/mol. The van der Waals surface area contributed by atoms with Crippen molar-refractivity contribution in [2.24, 2.45) is 5.92 Å². The molecule has 18 heavy (non-hydrogen) atoms. The van der Waals surface area contributed by atoms with Gasteiger partial charge in [0, 0.05) is 18.7 Å². The Morgan fingerprint density at radius 1 is 1.39 bits per heavy atom. The lowest BCUT2D eigenvalue weighted by molar-refractivity contribution is 0.110. The van der Waals surface area contributed by atoms with E-state index in [0.717, 1.165) is 37.2 Å². The number of rotatable bonds is 6. The van der Waals surface area contributed by atoms with Gasteiger partial charge in [0.05, 0.1) is 6.10 Å². The molecular weight excluding hydrogens is 236 g/mol. The molecule has 1 aliphatic carbocycles. The maximum Gasteiger partial charge on any atom is 0.129 e. The van der Waals surface area contributed by atoms with E-state index in [1.54, 1.807) is 0 Å². The summed E-state index contributed by atoms with van der Waals surface area (Å²) < 4.78 is 26.6. The van der Waals surface area contributed by atoms with Gasteiger partial charge >= 0.3 is 0 Å². The molecule has 1 aromatic carbocycles. The van der Waals surface area contributed by atoms with Crippen LogP contribution in [0.15, 0.2) is 18.2 Å². The van der Waals surface area contributed by atoms with Crippen molar-refractivity contribution in [3.05, 3.63) is 35.4 Å². The van der Waals surface area contributed by atoms with Gasteiger partial charge in [-0.1, -0.05) is 6.92 Å². The molecule has 0 aliphatic heterocycles. The molecule has 1 aliphatic rings. The molecule has 0 heterocycles. The van der Waals surface area contributed by atoms with Crippen LogP contribution in [0.25, 0.3) is 0 Å². The third kappa shape index (κ3) is 3.50. The van der Waals surface area contributed by atoms with E-state index in [0.29, 0.717) is 6.54 Å². The molecule has 4 heteroatoms. The van der Waals surface area contributed by atoms with Crippen molar-refractivity contribution >= 4 is 0 Å². The largest absolute Gasteiger partial charge is 0.387 e. The first-order chi connectivity index (χ1) is 8.60. The second-order valence-electron chi connectivity index (χ2n) is 4.98. The van der Waals surface area contributed by atoms with Gasteiger partial charge in [0.25, 0.3) is 0 Å². The lowest BCUT2D eigenvalue weighted by Crippen LogP contribution is -2.30. The number of hydrogen-bond donors (Lipinski definition) is 1. The van der Waals surface area contributed by atoms with Crippen molar-refractivity contribution in [1.29, 1.82) is 0 Å². The summed E-state index contributed by atoms with van der Waals surface area (Å²) in [6.07, 6.45) is 1.50. The Balaban J connectivity index is 2.00. The van der Waals surface area contributed by atoms with E-state index in [2.05, 4.69) is 4.90 Å². The summed E-state index contributed by atoms with van der Waals surface area (Å²) in [5.74, 6) is -0.350. The van der Waals surface area contributed by atoms with Crippen LogP contribution in [0.1, 0.15) is 31.4 Å². The van der Waals surface area contributed by atoms with Gasteiger partial charge in [-0.25, -0.2) is 8.78 Å². The summed E-state index contributed by atoms with van der Waals surface area (Å²) in [5, 5.41) is 10.0.